The molecule has 1 fully saturated rings. The maximum absolute atomic E-state index is 12.2. The van der Waals surface area contributed by atoms with Gasteiger partial charge in [-0.1, -0.05) is 25.3 Å². The highest BCUT2D eigenvalue weighted by atomic mass is 16.6. The molecule has 1 aromatic rings. The van der Waals surface area contributed by atoms with Gasteiger partial charge >= 0.3 is 0 Å². The third kappa shape index (κ3) is 4.04. The summed E-state index contributed by atoms with van der Waals surface area (Å²) >= 11 is 0. The monoisotopic (exact) mass is 306 g/mol. The van der Waals surface area contributed by atoms with Crippen molar-refractivity contribution in [1.82, 2.24) is 5.32 Å². The van der Waals surface area contributed by atoms with E-state index in [0.717, 1.165) is 31.2 Å². The van der Waals surface area contributed by atoms with E-state index >= 15 is 0 Å². The van der Waals surface area contributed by atoms with E-state index in [2.05, 4.69) is 5.32 Å². The summed E-state index contributed by atoms with van der Waals surface area (Å²) < 4.78 is 0. The second-order valence-corrected chi connectivity index (χ2v) is 5.95. The normalized spacial score (nSPS) is 17.0. The van der Waals surface area contributed by atoms with E-state index < -0.39 is 16.9 Å². The van der Waals surface area contributed by atoms with Crippen molar-refractivity contribution in [3.05, 3.63) is 39.4 Å². The number of hydrogen-bond donors (Lipinski definition) is 2. The standard InChI is InChI=1S/C16H22N2O4/c1-11-7-8-14(18(21)22)13(9-11)16(20)17-10-15(19)12-5-3-2-4-6-12/h7-9,12,15,19H,2-6,10H2,1H3,(H,17,20)/t15-/m1/s1. The summed E-state index contributed by atoms with van der Waals surface area (Å²) in [6, 6.07) is 4.44. The molecule has 0 bridgehead atoms. The van der Waals surface area contributed by atoms with Crippen LogP contribution >= 0.6 is 0 Å². The quantitative estimate of drug-likeness (QED) is 0.646. The van der Waals surface area contributed by atoms with Crippen molar-refractivity contribution >= 4 is 11.6 Å². The van der Waals surface area contributed by atoms with Crippen molar-refractivity contribution in [2.75, 3.05) is 6.54 Å². The Hall–Kier alpha value is -1.95. The summed E-state index contributed by atoms with van der Waals surface area (Å²) in [5, 5.41) is 23.8. The Morgan fingerprint density at radius 2 is 2.09 bits per heavy atom. The number of nitro groups is 1. The van der Waals surface area contributed by atoms with E-state index in [-0.39, 0.29) is 23.7 Å². The zero-order chi connectivity index (χ0) is 16.1. The molecule has 0 spiro atoms. The lowest BCUT2D eigenvalue weighted by atomic mass is 9.85. The van der Waals surface area contributed by atoms with Crippen molar-refractivity contribution in [2.24, 2.45) is 5.92 Å². The Balaban J connectivity index is 2.00. The number of hydrogen-bond acceptors (Lipinski definition) is 4. The zero-order valence-electron chi connectivity index (χ0n) is 12.7. The molecular formula is C16H22N2O4. The first-order valence-electron chi connectivity index (χ1n) is 7.70. The molecule has 1 amide bonds. The number of aliphatic hydroxyl groups is 1. The predicted octanol–water partition coefficient (Wildman–Crippen LogP) is 2.57. The number of carbonyl (C=O) groups excluding carboxylic acids is 1. The summed E-state index contributed by atoms with van der Waals surface area (Å²) in [7, 11) is 0. The number of nitrogens with zero attached hydrogens (tertiary/aromatic N) is 1. The average Bonchev–Trinajstić information content (AvgIpc) is 2.52. The highest BCUT2D eigenvalue weighted by Crippen LogP contribution is 2.26. The van der Waals surface area contributed by atoms with E-state index in [1.54, 1.807) is 13.0 Å². The van der Waals surface area contributed by atoms with Crippen LogP contribution in [0.5, 0.6) is 0 Å². The molecule has 1 aliphatic carbocycles. The van der Waals surface area contributed by atoms with Crippen LogP contribution in [0.3, 0.4) is 0 Å². The Bertz CT molecular complexity index is 553. The van der Waals surface area contributed by atoms with Gasteiger partial charge in [-0.3, -0.25) is 14.9 Å². The summed E-state index contributed by atoms with van der Waals surface area (Å²) in [4.78, 5) is 22.6. The number of benzene rings is 1. The molecule has 1 saturated carbocycles. The van der Waals surface area contributed by atoms with Gasteiger partial charge in [0, 0.05) is 12.6 Å². The minimum atomic E-state index is -0.590. The molecule has 2 N–H and O–H groups in total. The highest BCUT2D eigenvalue weighted by Gasteiger charge is 2.24. The number of aryl methyl sites for hydroxylation is 1. The Labute approximate surface area is 129 Å². The van der Waals surface area contributed by atoms with E-state index in [9.17, 15) is 20.0 Å². The maximum Gasteiger partial charge on any atom is 0.282 e. The molecular weight excluding hydrogens is 284 g/mol. The number of carbonyl (C=O) groups is 1. The van der Waals surface area contributed by atoms with E-state index in [1.807, 2.05) is 0 Å². The van der Waals surface area contributed by atoms with Gasteiger partial charge in [0.25, 0.3) is 11.6 Å². The van der Waals surface area contributed by atoms with Gasteiger partial charge in [0.1, 0.15) is 5.56 Å². The number of nitro benzene ring substituents is 1. The molecule has 0 aliphatic heterocycles. The molecule has 6 nitrogen and oxygen atoms in total. The van der Waals surface area contributed by atoms with Crippen LogP contribution in [0.4, 0.5) is 5.69 Å². The van der Waals surface area contributed by atoms with Crippen LogP contribution in [0.1, 0.15) is 48.0 Å². The van der Waals surface area contributed by atoms with Crippen molar-refractivity contribution in [3.63, 3.8) is 0 Å². The molecule has 1 aliphatic rings. The first kappa shape index (κ1) is 16.4. The second kappa shape index (κ2) is 7.35. The van der Waals surface area contributed by atoms with Gasteiger partial charge in [-0.25, -0.2) is 0 Å². The molecule has 6 heteroatoms. The molecule has 1 atom stereocenters. The van der Waals surface area contributed by atoms with Crippen molar-refractivity contribution in [2.45, 2.75) is 45.1 Å². The summed E-state index contributed by atoms with van der Waals surface area (Å²) in [6.07, 6.45) is 4.78. The topological polar surface area (TPSA) is 92.5 Å². The molecule has 120 valence electrons. The summed E-state index contributed by atoms with van der Waals surface area (Å²) in [5.74, 6) is -0.299. The maximum atomic E-state index is 12.2. The van der Waals surface area contributed by atoms with Crippen molar-refractivity contribution in [1.29, 1.82) is 0 Å². The number of nitrogens with one attached hydrogen (secondary N) is 1. The second-order valence-electron chi connectivity index (χ2n) is 5.95. The fourth-order valence-electron chi connectivity index (χ4n) is 2.97. The van der Waals surface area contributed by atoms with Crippen molar-refractivity contribution in [3.8, 4) is 0 Å². The van der Waals surface area contributed by atoms with Crippen LogP contribution in [0.25, 0.3) is 0 Å². The lowest BCUT2D eigenvalue weighted by Gasteiger charge is -2.26. The summed E-state index contributed by atoms with van der Waals surface area (Å²) in [6.45, 7) is 1.91. The Morgan fingerprint density at radius 1 is 1.41 bits per heavy atom. The van der Waals surface area contributed by atoms with Gasteiger partial charge in [0.15, 0.2) is 0 Å². The Morgan fingerprint density at radius 3 is 2.73 bits per heavy atom. The third-order valence-corrected chi connectivity index (χ3v) is 4.26. The smallest absolute Gasteiger partial charge is 0.282 e. The van der Waals surface area contributed by atoms with E-state index in [1.165, 1.54) is 18.6 Å². The molecule has 2 rings (SSSR count). The zero-order valence-corrected chi connectivity index (χ0v) is 12.7. The van der Waals surface area contributed by atoms with Crippen LogP contribution in [0.15, 0.2) is 18.2 Å². The van der Waals surface area contributed by atoms with Gasteiger partial charge in [-0.2, -0.15) is 0 Å². The van der Waals surface area contributed by atoms with Crippen LogP contribution in [0.2, 0.25) is 0 Å². The van der Waals surface area contributed by atoms with Crippen LogP contribution in [0, 0.1) is 23.0 Å². The lowest BCUT2D eigenvalue weighted by molar-refractivity contribution is -0.385. The van der Waals surface area contributed by atoms with Crippen molar-refractivity contribution < 1.29 is 14.8 Å². The first-order valence-corrected chi connectivity index (χ1v) is 7.70. The minimum absolute atomic E-state index is 0.0424. The van der Waals surface area contributed by atoms with Gasteiger partial charge in [0.2, 0.25) is 0 Å². The van der Waals surface area contributed by atoms with Gasteiger partial charge < -0.3 is 10.4 Å². The van der Waals surface area contributed by atoms with Crippen LogP contribution in [-0.2, 0) is 0 Å². The first-order chi connectivity index (χ1) is 10.5. The number of amides is 1. The predicted molar refractivity (Wildman–Crippen MR) is 82.7 cm³/mol. The fourth-order valence-corrected chi connectivity index (χ4v) is 2.97. The third-order valence-electron chi connectivity index (χ3n) is 4.26. The molecule has 0 heterocycles. The van der Waals surface area contributed by atoms with Crippen LogP contribution in [-0.4, -0.2) is 28.6 Å². The van der Waals surface area contributed by atoms with Gasteiger partial charge in [-0.05, 0) is 37.3 Å². The highest BCUT2D eigenvalue weighted by molar-refractivity contribution is 5.98. The van der Waals surface area contributed by atoms with E-state index in [0.29, 0.717) is 0 Å². The van der Waals surface area contributed by atoms with E-state index in [4.69, 9.17) is 0 Å². The molecule has 0 aromatic heterocycles. The molecule has 1 aromatic carbocycles. The SMILES string of the molecule is Cc1ccc([N+](=O)[O-])c(C(=O)NC[C@@H](O)C2CCCCC2)c1. The molecule has 22 heavy (non-hydrogen) atoms. The van der Waals surface area contributed by atoms with Gasteiger partial charge in [0.05, 0.1) is 11.0 Å². The average molecular weight is 306 g/mol. The Kier molecular flexibility index (Phi) is 5.49. The molecule has 0 unspecified atom stereocenters. The van der Waals surface area contributed by atoms with Crippen LogP contribution < -0.4 is 5.32 Å². The number of aliphatic hydroxyl groups excluding tert-OH is 1. The minimum Gasteiger partial charge on any atom is -0.391 e. The lowest BCUT2D eigenvalue weighted by Crippen LogP contribution is -2.37. The van der Waals surface area contributed by atoms with Gasteiger partial charge in [-0.15, -0.1) is 0 Å². The summed E-state index contributed by atoms with van der Waals surface area (Å²) in [5.41, 5.74) is 0.611. The largest absolute Gasteiger partial charge is 0.391 e. The molecule has 0 radical (unpaired) electrons. The number of rotatable bonds is 5. The fraction of sp³-hybridized carbons (Fsp3) is 0.562. The molecule has 0 saturated heterocycles.